The number of nitrogens with one attached hydrogen (secondary N) is 1. The van der Waals surface area contributed by atoms with E-state index in [4.69, 9.17) is 0 Å². The molecular formula is C43H27BrN2. The number of para-hydroxylation sites is 1. The first-order valence-electron chi connectivity index (χ1n) is 16.1. The van der Waals surface area contributed by atoms with Gasteiger partial charge in [-0.15, -0.1) is 0 Å². The fourth-order valence-electron chi connectivity index (χ4n) is 9.18. The van der Waals surface area contributed by atoms with Crippen LogP contribution in [-0.2, 0) is 5.41 Å². The molecule has 216 valence electrons. The van der Waals surface area contributed by atoms with Crippen LogP contribution in [0.4, 0.5) is 0 Å². The van der Waals surface area contributed by atoms with Crippen LogP contribution in [0.25, 0.3) is 71.6 Å². The molecule has 1 spiro atoms. The summed E-state index contributed by atoms with van der Waals surface area (Å²) >= 11 is 3.72. The molecule has 1 atom stereocenters. The molecule has 3 aliphatic carbocycles. The molecule has 46 heavy (non-hydrogen) atoms. The molecule has 3 heteroatoms. The van der Waals surface area contributed by atoms with Crippen LogP contribution in [0.3, 0.4) is 0 Å². The molecule has 8 aromatic rings. The van der Waals surface area contributed by atoms with E-state index in [2.05, 4.69) is 159 Å². The van der Waals surface area contributed by atoms with Gasteiger partial charge in [0.2, 0.25) is 0 Å². The van der Waals surface area contributed by atoms with Crippen molar-refractivity contribution in [1.29, 1.82) is 0 Å². The van der Waals surface area contributed by atoms with Gasteiger partial charge in [-0.1, -0.05) is 119 Å². The molecule has 2 heterocycles. The minimum atomic E-state index is -0.416. The van der Waals surface area contributed by atoms with Gasteiger partial charge in [-0.3, -0.25) is 0 Å². The highest BCUT2D eigenvalue weighted by Crippen LogP contribution is 2.65. The number of hydrogen-bond donors (Lipinski definition) is 1. The van der Waals surface area contributed by atoms with E-state index in [1.54, 1.807) is 0 Å². The number of fused-ring (bicyclic) bond motifs is 18. The fraction of sp³-hybridized carbons (Fsp3) is 0.0698. The van der Waals surface area contributed by atoms with Gasteiger partial charge in [0.25, 0.3) is 0 Å². The summed E-state index contributed by atoms with van der Waals surface area (Å²) in [5.74, 6) is 0. The Morgan fingerprint density at radius 1 is 0.630 bits per heavy atom. The van der Waals surface area contributed by atoms with Crippen molar-refractivity contribution in [1.82, 2.24) is 9.55 Å². The number of hydrogen-bond acceptors (Lipinski definition) is 0. The van der Waals surface area contributed by atoms with Crippen LogP contribution in [0.1, 0.15) is 35.1 Å². The lowest BCUT2D eigenvalue weighted by molar-refractivity contribution is 0.795. The Hall–Kier alpha value is -5.12. The molecule has 0 aliphatic heterocycles. The summed E-state index contributed by atoms with van der Waals surface area (Å²) in [5, 5.41) is 5.15. The van der Waals surface area contributed by atoms with Gasteiger partial charge in [0.05, 0.1) is 22.0 Å². The monoisotopic (exact) mass is 650 g/mol. The minimum Gasteiger partial charge on any atom is -0.354 e. The van der Waals surface area contributed by atoms with Crippen molar-refractivity contribution in [3.63, 3.8) is 0 Å². The van der Waals surface area contributed by atoms with Crippen molar-refractivity contribution < 1.29 is 0 Å². The molecule has 0 fully saturated rings. The maximum absolute atomic E-state index is 3.86. The number of allylic oxidation sites excluding steroid dienone is 4. The Kier molecular flexibility index (Phi) is 4.79. The average Bonchev–Trinajstić information content (AvgIpc) is 3.82. The predicted octanol–water partition coefficient (Wildman–Crippen LogP) is 11.7. The lowest BCUT2D eigenvalue weighted by Gasteiger charge is -2.30. The number of aromatic amines is 1. The van der Waals surface area contributed by atoms with Crippen molar-refractivity contribution in [2.45, 2.75) is 18.3 Å². The van der Waals surface area contributed by atoms with Crippen LogP contribution in [0.5, 0.6) is 0 Å². The summed E-state index contributed by atoms with van der Waals surface area (Å²) in [5.41, 5.74) is 16.7. The summed E-state index contributed by atoms with van der Waals surface area (Å²) in [7, 11) is 0. The maximum atomic E-state index is 3.86. The molecule has 0 amide bonds. The lowest BCUT2D eigenvalue weighted by atomic mass is 9.70. The first-order chi connectivity index (χ1) is 22.7. The van der Waals surface area contributed by atoms with Crippen molar-refractivity contribution >= 4 is 65.2 Å². The molecule has 2 aromatic heterocycles. The number of benzene rings is 6. The molecule has 0 radical (unpaired) electrons. The smallest absolute Gasteiger partial charge is 0.0727 e. The molecule has 1 unspecified atom stereocenters. The summed E-state index contributed by atoms with van der Waals surface area (Å²) in [4.78, 5) is 3.86. The highest BCUT2D eigenvalue weighted by Gasteiger charge is 2.53. The summed E-state index contributed by atoms with van der Waals surface area (Å²) in [6.45, 7) is 0. The van der Waals surface area contributed by atoms with Crippen LogP contribution in [0.2, 0.25) is 0 Å². The van der Waals surface area contributed by atoms with Gasteiger partial charge >= 0.3 is 0 Å². The Labute approximate surface area is 274 Å². The van der Waals surface area contributed by atoms with Crippen LogP contribution >= 0.6 is 15.9 Å². The number of aromatic nitrogens is 2. The highest BCUT2D eigenvalue weighted by atomic mass is 79.9. The van der Waals surface area contributed by atoms with Gasteiger partial charge in [0.1, 0.15) is 0 Å². The van der Waals surface area contributed by atoms with E-state index in [0.717, 1.165) is 17.3 Å². The normalized spacial score (nSPS) is 17.6. The van der Waals surface area contributed by atoms with Gasteiger partial charge in [0, 0.05) is 48.4 Å². The zero-order chi connectivity index (χ0) is 30.1. The van der Waals surface area contributed by atoms with Crippen LogP contribution in [0, 0.1) is 0 Å². The third kappa shape index (κ3) is 2.89. The van der Waals surface area contributed by atoms with E-state index in [-0.39, 0.29) is 0 Å². The molecule has 11 rings (SSSR count). The average molecular weight is 652 g/mol. The van der Waals surface area contributed by atoms with Gasteiger partial charge < -0.3 is 9.55 Å². The summed E-state index contributed by atoms with van der Waals surface area (Å²) in [6, 6.07) is 43.4. The number of nitrogens with zero attached hydrogens (tertiary/aromatic N) is 1. The van der Waals surface area contributed by atoms with Gasteiger partial charge in [-0.05, 0) is 76.6 Å². The highest BCUT2D eigenvalue weighted by molar-refractivity contribution is 9.10. The second kappa shape index (κ2) is 8.78. The first kappa shape index (κ1) is 25.1. The van der Waals surface area contributed by atoms with E-state index in [0.29, 0.717) is 0 Å². The van der Waals surface area contributed by atoms with Crippen LogP contribution in [-0.4, -0.2) is 9.55 Å². The molecule has 0 saturated heterocycles. The van der Waals surface area contributed by atoms with Gasteiger partial charge in [0.15, 0.2) is 0 Å². The second-order valence-corrected chi connectivity index (χ2v) is 13.8. The molecule has 1 N–H and O–H groups in total. The molecular weight excluding hydrogens is 624 g/mol. The summed E-state index contributed by atoms with van der Waals surface area (Å²) < 4.78 is 3.67. The molecule has 6 aromatic carbocycles. The number of H-pyrrole nitrogens is 1. The van der Waals surface area contributed by atoms with E-state index in [1.807, 2.05) is 0 Å². The first-order valence-corrected chi connectivity index (χ1v) is 16.9. The standard InChI is InChI=1S/C43H27BrN2/c44-25-18-23-37-32(24-25)28-19-21-35-39(41(28)45-37)30-13-4-7-15-33(30)43(35)34-16-8-5-14-31(34)40-36(43)22-20-29-27-12-6-9-17-38(27)46(42(29)40)26-10-2-1-3-11-26/h1-2,4-10,12-24,45H,3,11H2. The Balaban J connectivity index is 1.34. The molecule has 0 saturated carbocycles. The van der Waals surface area contributed by atoms with Crippen LogP contribution in [0.15, 0.2) is 138 Å². The largest absolute Gasteiger partial charge is 0.354 e. The van der Waals surface area contributed by atoms with Gasteiger partial charge in [-0.2, -0.15) is 0 Å². The SMILES string of the molecule is Brc1ccc2[nH]c3c4c(ccc3c2c1)C1(c2ccccc2-4)c2ccccc2-c2c1ccc1c3ccccc3n(C3=CC=CCC3)c21. The fourth-order valence-corrected chi connectivity index (χ4v) is 9.54. The topological polar surface area (TPSA) is 20.7 Å². The Morgan fingerprint density at radius 2 is 1.35 bits per heavy atom. The zero-order valence-corrected chi connectivity index (χ0v) is 26.5. The van der Waals surface area contributed by atoms with E-state index in [9.17, 15) is 0 Å². The third-order valence-corrected chi connectivity index (χ3v) is 11.4. The second-order valence-electron chi connectivity index (χ2n) is 12.9. The minimum absolute atomic E-state index is 0.416. The van der Waals surface area contributed by atoms with Crippen molar-refractivity contribution in [2.75, 3.05) is 0 Å². The quantitative estimate of drug-likeness (QED) is 0.182. The van der Waals surface area contributed by atoms with E-state index >= 15 is 0 Å². The van der Waals surface area contributed by atoms with Crippen molar-refractivity contribution in [3.05, 3.63) is 160 Å². The third-order valence-electron chi connectivity index (χ3n) is 10.9. The number of rotatable bonds is 1. The number of halogens is 1. The molecule has 0 bridgehead atoms. The van der Waals surface area contributed by atoms with Crippen molar-refractivity contribution in [2.24, 2.45) is 0 Å². The molecule has 3 aliphatic rings. The van der Waals surface area contributed by atoms with E-state index in [1.165, 1.54) is 93.8 Å². The maximum Gasteiger partial charge on any atom is 0.0727 e. The van der Waals surface area contributed by atoms with E-state index < -0.39 is 5.41 Å². The summed E-state index contributed by atoms with van der Waals surface area (Å²) in [6.07, 6.45) is 8.91. The molecule has 2 nitrogen and oxygen atoms in total. The Bertz CT molecular complexity index is 2720. The zero-order valence-electron chi connectivity index (χ0n) is 24.9. The van der Waals surface area contributed by atoms with Crippen LogP contribution < -0.4 is 0 Å². The predicted molar refractivity (Wildman–Crippen MR) is 195 cm³/mol. The Morgan fingerprint density at radius 3 is 2.15 bits per heavy atom. The van der Waals surface area contributed by atoms with Gasteiger partial charge in [-0.25, -0.2) is 0 Å². The van der Waals surface area contributed by atoms with Crippen molar-refractivity contribution in [3.8, 4) is 22.3 Å². The lowest BCUT2D eigenvalue weighted by Crippen LogP contribution is -2.25.